The van der Waals surface area contributed by atoms with Gasteiger partial charge in [-0.15, -0.1) is 0 Å². The van der Waals surface area contributed by atoms with Crippen molar-refractivity contribution in [2.75, 3.05) is 13.2 Å². The molecule has 0 spiro atoms. The van der Waals surface area contributed by atoms with Crippen LogP contribution in [0, 0.1) is 17.3 Å². The van der Waals surface area contributed by atoms with Gasteiger partial charge in [-0.05, 0) is 11.8 Å². The molecule has 2 nitrogen and oxygen atoms in total. The Hall–Kier alpha value is -0.0800. The summed E-state index contributed by atoms with van der Waals surface area (Å²) in [5.41, 5.74) is -0.150. The molecule has 0 saturated carbocycles. The van der Waals surface area contributed by atoms with E-state index in [1.807, 2.05) is 13.8 Å². The van der Waals surface area contributed by atoms with Crippen LogP contribution in [-0.2, 0) is 4.74 Å². The monoisotopic (exact) mass is 202 g/mol. The first-order valence-corrected chi connectivity index (χ1v) is 5.53. The zero-order valence-electron chi connectivity index (χ0n) is 10.5. The Morgan fingerprint density at radius 3 is 2.00 bits per heavy atom. The topological polar surface area (TPSA) is 29.5 Å². The van der Waals surface area contributed by atoms with Crippen molar-refractivity contribution in [2.24, 2.45) is 17.3 Å². The fourth-order valence-electron chi connectivity index (χ4n) is 1.55. The molecular formula is C12H26O2. The van der Waals surface area contributed by atoms with E-state index in [-0.39, 0.29) is 17.4 Å². The lowest BCUT2D eigenvalue weighted by Gasteiger charge is -2.33. The van der Waals surface area contributed by atoms with E-state index in [1.165, 1.54) is 0 Å². The molecule has 0 fully saturated rings. The van der Waals surface area contributed by atoms with E-state index in [1.54, 1.807) is 0 Å². The maximum Gasteiger partial charge on any atom is 0.0636 e. The van der Waals surface area contributed by atoms with Crippen LogP contribution in [0.3, 0.4) is 0 Å². The van der Waals surface area contributed by atoms with Gasteiger partial charge in [0.05, 0.1) is 12.7 Å². The molecule has 0 bridgehead atoms. The summed E-state index contributed by atoms with van der Waals surface area (Å²) >= 11 is 0. The van der Waals surface area contributed by atoms with Gasteiger partial charge in [0.25, 0.3) is 0 Å². The quantitative estimate of drug-likeness (QED) is 0.717. The Morgan fingerprint density at radius 1 is 1.14 bits per heavy atom. The van der Waals surface area contributed by atoms with Gasteiger partial charge in [0.1, 0.15) is 0 Å². The van der Waals surface area contributed by atoms with E-state index >= 15 is 0 Å². The minimum Gasteiger partial charge on any atom is -0.392 e. The summed E-state index contributed by atoms with van der Waals surface area (Å²) < 4.78 is 5.57. The lowest BCUT2D eigenvalue weighted by molar-refractivity contribution is -0.0491. The minimum absolute atomic E-state index is 0.150. The van der Waals surface area contributed by atoms with Gasteiger partial charge in [0.15, 0.2) is 0 Å². The highest BCUT2D eigenvalue weighted by Gasteiger charge is 2.30. The third-order valence-corrected chi connectivity index (χ3v) is 2.36. The molecule has 0 amide bonds. The molecule has 1 N–H and O–H groups in total. The Balaban J connectivity index is 3.94. The molecule has 2 heteroatoms. The summed E-state index contributed by atoms with van der Waals surface area (Å²) in [6.07, 6.45) is -0.297. The van der Waals surface area contributed by atoms with Crippen molar-refractivity contribution in [1.82, 2.24) is 0 Å². The minimum atomic E-state index is -0.297. The summed E-state index contributed by atoms with van der Waals surface area (Å²) in [4.78, 5) is 0. The van der Waals surface area contributed by atoms with Crippen molar-refractivity contribution in [1.29, 1.82) is 0 Å². The fourth-order valence-corrected chi connectivity index (χ4v) is 1.55. The van der Waals surface area contributed by atoms with Crippen molar-refractivity contribution < 1.29 is 9.84 Å². The molecule has 0 aliphatic heterocycles. The second-order valence-corrected chi connectivity index (χ2v) is 5.59. The predicted molar refractivity (Wildman–Crippen MR) is 60.3 cm³/mol. The molecule has 0 aliphatic carbocycles. The van der Waals surface area contributed by atoms with Gasteiger partial charge in [-0.2, -0.15) is 0 Å². The molecule has 86 valence electrons. The highest BCUT2D eigenvalue weighted by Crippen LogP contribution is 2.26. The first-order chi connectivity index (χ1) is 6.27. The first kappa shape index (κ1) is 13.9. The van der Waals surface area contributed by atoms with Gasteiger partial charge in [-0.1, -0.05) is 41.5 Å². The maximum absolute atomic E-state index is 9.94. The lowest BCUT2D eigenvalue weighted by Crippen LogP contribution is -2.37. The molecule has 1 unspecified atom stereocenters. The van der Waals surface area contributed by atoms with Gasteiger partial charge < -0.3 is 9.84 Å². The van der Waals surface area contributed by atoms with Crippen LogP contribution in [0.2, 0.25) is 0 Å². The van der Waals surface area contributed by atoms with E-state index < -0.39 is 0 Å². The molecule has 0 aliphatic rings. The lowest BCUT2D eigenvalue weighted by atomic mass is 9.81. The van der Waals surface area contributed by atoms with E-state index in [0.29, 0.717) is 12.5 Å². The average Bonchev–Trinajstić information content (AvgIpc) is 2.01. The van der Waals surface area contributed by atoms with Crippen LogP contribution in [0.15, 0.2) is 0 Å². The molecule has 0 saturated heterocycles. The Bertz CT molecular complexity index is 150. The van der Waals surface area contributed by atoms with Crippen molar-refractivity contribution >= 4 is 0 Å². The molecule has 14 heavy (non-hydrogen) atoms. The van der Waals surface area contributed by atoms with Gasteiger partial charge in [-0.25, -0.2) is 0 Å². The van der Waals surface area contributed by atoms with E-state index in [0.717, 1.165) is 6.61 Å². The normalized spacial score (nSPS) is 15.2. The number of aliphatic hydroxyl groups is 1. The van der Waals surface area contributed by atoms with Gasteiger partial charge in [0, 0.05) is 12.0 Å². The molecule has 1 atom stereocenters. The van der Waals surface area contributed by atoms with Gasteiger partial charge >= 0.3 is 0 Å². The Kier molecular flexibility index (Phi) is 5.68. The average molecular weight is 202 g/mol. The fraction of sp³-hybridized carbons (Fsp3) is 1.00. The summed E-state index contributed by atoms with van der Waals surface area (Å²) in [6.45, 7) is 13.8. The Morgan fingerprint density at radius 2 is 1.64 bits per heavy atom. The predicted octanol–water partition coefficient (Wildman–Crippen LogP) is 2.70. The summed E-state index contributed by atoms with van der Waals surface area (Å²) in [7, 11) is 0. The SMILES string of the molecule is CC(C)COCC(C)(C)C(O)C(C)C. The smallest absolute Gasteiger partial charge is 0.0636 e. The van der Waals surface area contributed by atoms with Crippen LogP contribution < -0.4 is 0 Å². The largest absolute Gasteiger partial charge is 0.392 e. The zero-order chi connectivity index (χ0) is 11.4. The van der Waals surface area contributed by atoms with Crippen LogP contribution >= 0.6 is 0 Å². The third kappa shape index (κ3) is 4.97. The Labute approximate surface area is 88.7 Å². The van der Waals surface area contributed by atoms with E-state index in [9.17, 15) is 5.11 Å². The summed E-state index contributed by atoms with van der Waals surface area (Å²) in [5.74, 6) is 0.842. The van der Waals surface area contributed by atoms with Gasteiger partial charge in [0.2, 0.25) is 0 Å². The van der Waals surface area contributed by atoms with Crippen LogP contribution in [0.1, 0.15) is 41.5 Å². The summed E-state index contributed by atoms with van der Waals surface area (Å²) in [6, 6.07) is 0. The number of hydrogen-bond acceptors (Lipinski definition) is 2. The number of aliphatic hydroxyl groups excluding tert-OH is 1. The number of rotatable bonds is 6. The number of ether oxygens (including phenoxy) is 1. The molecule has 0 aromatic carbocycles. The number of hydrogen-bond donors (Lipinski definition) is 1. The second-order valence-electron chi connectivity index (χ2n) is 5.59. The first-order valence-electron chi connectivity index (χ1n) is 5.53. The van der Waals surface area contributed by atoms with Crippen molar-refractivity contribution in [3.05, 3.63) is 0 Å². The molecule has 0 aromatic heterocycles. The molecular weight excluding hydrogens is 176 g/mol. The van der Waals surface area contributed by atoms with Crippen molar-refractivity contribution in [3.63, 3.8) is 0 Å². The van der Waals surface area contributed by atoms with Gasteiger partial charge in [-0.3, -0.25) is 0 Å². The van der Waals surface area contributed by atoms with Crippen molar-refractivity contribution in [3.8, 4) is 0 Å². The van der Waals surface area contributed by atoms with E-state index in [4.69, 9.17) is 4.74 Å². The standard InChI is InChI=1S/C12H26O2/c1-9(2)7-14-8-12(5,6)11(13)10(3)4/h9-11,13H,7-8H2,1-6H3. The zero-order valence-corrected chi connectivity index (χ0v) is 10.5. The molecule has 0 rings (SSSR count). The van der Waals surface area contributed by atoms with Crippen LogP contribution in [0.4, 0.5) is 0 Å². The molecule has 0 aromatic rings. The maximum atomic E-state index is 9.94. The third-order valence-electron chi connectivity index (χ3n) is 2.36. The molecule has 0 heterocycles. The highest BCUT2D eigenvalue weighted by molar-refractivity contribution is 4.79. The van der Waals surface area contributed by atoms with Crippen LogP contribution in [-0.4, -0.2) is 24.4 Å². The highest BCUT2D eigenvalue weighted by atomic mass is 16.5. The van der Waals surface area contributed by atoms with E-state index in [2.05, 4.69) is 27.7 Å². The molecule has 0 radical (unpaired) electrons. The van der Waals surface area contributed by atoms with Crippen molar-refractivity contribution in [2.45, 2.75) is 47.6 Å². The van der Waals surface area contributed by atoms with Crippen LogP contribution in [0.25, 0.3) is 0 Å². The summed E-state index contributed by atoms with van der Waals surface area (Å²) in [5, 5.41) is 9.94. The van der Waals surface area contributed by atoms with Crippen LogP contribution in [0.5, 0.6) is 0 Å². The second kappa shape index (κ2) is 5.72.